The van der Waals surface area contributed by atoms with Gasteiger partial charge >= 0.3 is 0 Å². The average molecular weight is 474 g/mol. The third-order valence-electron chi connectivity index (χ3n) is 6.77. The summed E-state index contributed by atoms with van der Waals surface area (Å²) >= 11 is 0. The number of likely N-dealkylation sites (tertiary alicyclic amines) is 1. The molecule has 35 heavy (non-hydrogen) atoms. The number of nitrogen functional groups attached to an aromatic ring is 1. The maximum atomic E-state index is 12.6. The second-order valence-electron chi connectivity index (χ2n) is 9.27. The lowest BCUT2D eigenvalue weighted by molar-refractivity contribution is 0.0804. The van der Waals surface area contributed by atoms with E-state index in [0.29, 0.717) is 17.9 Å². The number of aliphatic hydroxyl groups excluding tert-OH is 1. The predicted octanol–water partition coefficient (Wildman–Crippen LogP) is 3.74. The number of benzene rings is 1. The van der Waals surface area contributed by atoms with Crippen LogP contribution in [0.4, 0.5) is 17.2 Å². The molecule has 5 rings (SSSR count). The van der Waals surface area contributed by atoms with E-state index in [2.05, 4.69) is 39.5 Å². The first-order valence-corrected chi connectivity index (χ1v) is 12.2. The Labute approximate surface area is 207 Å². The van der Waals surface area contributed by atoms with Gasteiger partial charge in [0.1, 0.15) is 5.82 Å². The molecule has 0 unspecified atom stereocenters. The topological polar surface area (TPSA) is 94.7 Å². The van der Waals surface area contributed by atoms with Crippen molar-refractivity contribution in [2.75, 3.05) is 43.9 Å². The number of pyridine rings is 1. The first-order valence-electron chi connectivity index (χ1n) is 12.2. The van der Waals surface area contributed by atoms with Gasteiger partial charge in [-0.3, -0.25) is 4.79 Å². The number of allylic oxidation sites excluding steroid dienone is 6. The SMILES string of the molecule is C1=CC2=CC=C1C2.Cc1c(N(C)c2cccc(C(=O)NCCN3CCC(O)CC3)c2)ccnc1N. The number of piperidine rings is 1. The van der Waals surface area contributed by atoms with Crippen LogP contribution in [-0.2, 0) is 0 Å². The summed E-state index contributed by atoms with van der Waals surface area (Å²) in [7, 11) is 1.95. The van der Waals surface area contributed by atoms with Gasteiger partial charge < -0.3 is 26.0 Å². The molecule has 0 spiro atoms. The Bertz CT molecular complexity index is 1130. The number of aromatic nitrogens is 1. The van der Waals surface area contributed by atoms with Crippen LogP contribution in [0, 0.1) is 6.92 Å². The fourth-order valence-corrected chi connectivity index (χ4v) is 4.48. The molecular formula is C28H35N5O2. The first kappa shape index (κ1) is 24.7. The zero-order valence-corrected chi connectivity index (χ0v) is 20.6. The van der Waals surface area contributed by atoms with Gasteiger partial charge in [0, 0.05) is 61.9 Å². The summed E-state index contributed by atoms with van der Waals surface area (Å²) in [6.07, 6.45) is 13.0. The van der Waals surface area contributed by atoms with Crippen molar-refractivity contribution in [2.24, 2.45) is 0 Å². The number of carbonyl (C=O) groups is 1. The zero-order chi connectivity index (χ0) is 24.8. The second kappa shape index (κ2) is 11.3. The molecule has 184 valence electrons. The van der Waals surface area contributed by atoms with Crippen molar-refractivity contribution in [1.82, 2.24) is 15.2 Å². The van der Waals surface area contributed by atoms with E-state index in [4.69, 9.17) is 5.73 Å². The Balaban J connectivity index is 0.000000347. The van der Waals surface area contributed by atoms with E-state index in [1.165, 1.54) is 17.6 Å². The van der Waals surface area contributed by atoms with Crippen LogP contribution in [0.3, 0.4) is 0 Å². The summed E-state index contributed by atoms with van der Waals surface area (Å²) in [6, 6.07) is 9.45. The number of nitrogens with two attached hydrogens (primary N) is 1. The molecule has 1 aromatic heterocycles. The maximum Gasteiger partial charge on any atom is 0.251 e. The molecular weight excluding hydrogens is 438 g/mol. The van der Waals surface area contributed by atoms with E-state index in [9.17, 15) is 9.90 Å². The molecule has 1 aromatic carbocycles. The molecule has 0 saturated carbocycles. The number of hydrogen-bond acceptors (Lipinski definition) is 6. The fourth-order valence-electron chi connectivity index (χ4n) is 4.48. The molecule has 2 heterocycles. The minimum absolute atomic E-state index is 0.0849. The van der Waals surface area contributed by atoms with Gasteiger partial charge in [0.2, 0.25) is 0 Å². The number of rotatable bonds is 6. The molecule has 7 heteroatoms. The van der Waals surface area contributed by atoms with Crippen molar-refractivity contribution < 1.29 is 9.90 Å². The molecule has 0 radical (unpaired) electrons. The van der Waals surface area contributed by atoms with Crippen LogP contribution in [0.15, 0.2) is 72.0 Å². The van der Waals surface area contributed by atoms with Crippen LogP contribution in [0.2, 0.25) is 0 Å². The molecule has 2 bridgehead atoms. The highest BCUT2D eigenvalue weighted by atomic mass is 16.3. The van der Waals surface area contributed by atoms with Crippen molar-refractivity contribution in [2.45, 2.75) is 32.3 Å². The quantitative estimate of drug-likeness (QED) is 0.592. The van der Waals surface area contributed by atoms with Crippen molar-refractivity contribution in [3.05, 3.63) is 83.1 Å². The number of carbonyl (C=O) groups excluding carboxylic acids is 1. The highest BCUT2D eigenvalue weighted by molar-refractivity contribution is 5.95. The van der Waals surface area contributed by atoms with Crippen LogP contribution in [-0.4, -0.2) is 60.2 Å². The molecule has 1 fully saturated rings. The van der Waals surface area contributed by atoms with Crippen LogP contribution < -0.4 is 16.0 Å². The van der Waals surface area contributed by atoms with Gasteiger partial charge in [-0.25, -0.2) is 4.98 Å². The largest absolute Gasteiger partial charge is 0.393 e. The van der Waals surface area contributed by atoms with E-state index in [-0.39, 0.29) is 12.0 Å². The summed E-state index contributed by atoms with van der Waals surface area (Å²) in [5, 5.41) is 12.6. The van der Waals surface area contributed by atoms with Crippen molar-refractivity contribution in [3.63, 3.8) is 0 Å². The van der Waals surface area contributed by atoms with Gasteiger partial charge in [-0.1, -0.05) is 30.4 Å². The Kier molecular flexibility index (Phi) is 8.00. The molecule has 2 aromatic rings. The fraction of sp³-hybridized carbons (Fsp3) is 0.357. The summed E-state index contributed by atoms with van der Waals surface area (Å²) in [4.78, 5) is 20.9. The summed E-state index contributed by atoms with van der Waals surface area (Å²) in [5.41, 5.74) is 12.3. The van der Waals surface area contributed by atoms with Crippen molar-refractivity contribution in [1.29, 1.82) is 0 Å². The Morgan fingerprint density at radius 3 is 2.54 bits per heavy atom. The Hall–Kier alpha value is -3.42. The Morgan fingerprint density at radius 1 is 1.20 bits per heavy atom. The minimum Gasteiger partial charge on any atom is -0.393 e. The summed E-state index contributed by atoms with van der Waals surface area (Å²) in [5.74, 6) is 0.418. The highest BCUT2D eigenvalue weighted by Gasteiger charge is 2.17. The number of aliphatic hydroxyl groups is 1. The van der Waals surface area contributed by atoms with Crippen LogP contribution >= 0.6 is 0 Å². The molecule has 2 aliphatic carbocycles. The van der Waals surface area contributed by atoms with Gasteiger partial charge in [0.05, 0.1) is 6.10 Å². The number of nitrogens with zero attached hydrogens (tertiary/aromatic N) is 3. The lowest BCUT2D eigenvalue weighted by atomic mass is 10.1. The molecule has 4 N–H and O–H groups in total. The third kappa shape index (κ3) is 6.38. The molecule has 1 aliphatic heterocycles. The van der Waals surface area contributed by atoms with Gasteiger partial charge in [-0.05, 0) is 61.6 Å². The van der Waals surface area contributed by atoms with Gasteiger partial charge in [0.25, 0.3) is 5.91 Å². The smallest absolute Gasteiger partial charge is 0.251 e. The van der Waals surface area contributed by atoms with Crippen LogP contribution in [0.1, 0.15) is 35.2 Å². The number of hydrogen-bond donors (Lipinski definition) is 3. The normalized spacial score (nSPS) is 16.9. The molecule has 1 saturated heterocycles. The number of nitrogens with one attached hydrogen (secondary N) is 1. The van der Waals surface area contributed by atoms with Crippen LogP contribution in [0.25, 0.3) is 0 Å². The minimum atomic E-state index is -0.176. The predicted molar refractivity (Wildman–Crippen MR) is 142 cm³/mol. The Morgan fingerprint density at radius 2 is 1.91 bits per heavy atom. The molecule has 3 aliphatic rings. The number of anilines is 3. The summed E-state index contributed by atoms with van der Waals surface area (Å²) in [6.45, 7) is 5.09. The van der Waals surface area contributed by atoms with Gasteiger partial charge in [0.15, 0.2) is 0 Å². The van der Waals surface area contributed by atoms with E-state index in [1.54, 1.807) is 6.20 Å². The molecule has 7 nitrogen and oxygen atoms in total. The van der Waals surface area contributed by atoms with Crippen molar-refractivity contribution in [3.8, 4) is 0 Å². The van der Waals surface area contributed by atoms with Gasteiger partial charge in [-0.15, -0.1) is 0 Å². The zero-order valence-electron chi connectivity index (χ0n) is 20.6. The van der Waals surface area contributed by atoms with Gasteiger partial charge in [-0.2, -0.15) is 0 Å². The average Bonchev–Trinajstić information content (AvgIpc) is 3.53. The standard InChI is InChI=1S/C21H29N5O2.C7H6/c1-15-19(6-9-23-20(15)22)25(2)17-5-3-4-16(14-17)21(28)24-10-13-26-11-7-18(27)8-12-26;1-2-7-4-3-6(1)5-7/h3-6,9,14,18,27H,7-8,10-13H2,1-2H3,(H2,22,23)(H,24,28);1-4H,5H2. The third-order valence-corrected chi connectivity index (χ3v) is 6.77. The lowest BCUT2D eigenvalue weighted by Crippen LogP contribution is -2.40. The molecule has 0 atom stereocenters. The monoisotopic (exact) mass is 473 g/mol. The van der Waals surface area contributed by atoms with Crippen LogP contribution in [0.5, 0.6) is 0 Å². The summed E-state index contributed by atoms with van der Waals surface area (Å²) < 4.78 is 0. The van der Waals surface area contributed by atoms with E-state index < -0.39 is 0 Å². The molecule has 1 amide bonds. The highest BCUT2D eigenvalue weighted by Crippen LogP contribution is 2.29. The number of amides is 1. The lowest BCUT2D eigenvalue weighted by Gasteiger charge is -2.29. The number of fused-ring (bicyclic) bond motifs is 2. The van der Waals surface area contributed by atoms with E-state index in [0.717, 1.165) is 49.4 Å². The maximum absolute atomic E-state index is 12.6. The van der Waals surface area contributed by atoms with E-state index in [1.807, 2.05) is 49.2 Å². The first-order chi connectivity index (χ1) is 16.9. The van der Waals surface area contributed by atoms with Crippen molar-refractivity contribution >= 4 is 23.1 Å². The van der Waals surface area contributed by atoms with E-state index >= 15 is 0 Å². The second-order valence-corrected chi connectivity index (χ2v) is 9.27.